The first-order chi connectivity index (χ1) is 25.9. The van der Waals surface area contributed by atoms with Gasteiger partial charge in [0.25, 0.3) is 0 Å². The fraction of sp³-hybridized carbons (Fsp3) is 0.279. The van der Waals surface area contributed by atoms with Gasteiger partial charge in [-0.25, -0.2) is 4.79 Å². The van der Waals surface area contributed by atoms with Gasteiger partial charge in [-0.15, -0.1) is 0 Å². The number of phenols is 1. The van der Waals surface area contributed by atoms with Crippen molar-refractivity contribution in [2.24, 2.45) is 0 Å². The Kier molecular flexibility index (Phi) is 10.8. The number of carbonyl (C=O) groups is 3. The van der Waals surface area contributed by atoms with Crippen LogP contribution >= 0.6 is 0 Å². The molecular formula is C43H42N2O8. The van der Waals surface area contributed by atoms with Gasteiger partial charge in [-0.3, -0.25) is 9.59 Å². The second-order valence-corrected chi connectivity index (χ2v) is 13.4. The molecule has 1 aliphatic carbocycles. The molecule has 7 rings (SSSR count). The van der Waals surface area contributed by atoms with Crippen molar-refractivity contribution < 1.29 is 38.8 Å². The van der Waals surface area contributed by atoms with Crippen molar-refractivity contribution in [3.63, 3.8) is 0 Å². The van der Waals surface area contributed by atoms with Crippen molar-refractivity contribution in [1.29, 1.82) is 0 Å². The van der Waals surface area contributed by atoms with Gasteiger partial charge in [0.15, 0.2) is 0 Å². The lowest BCUT2D eigenvalue weighted by atomic mass is 9.91. The van der Waals surface area contributed by atoms with Crippen LogP contribution in [-0.4, -0.2) is 76.9 Å². The van der Waals surface area contributed by atoms with E-state index in [4.69, 9.17) is 14.2 Å². The van der Waals surface area contributed by atoms with Gasteiger partial charge in [0, 0.05) is 36.2 Å². The third kappa shape index (κ3) is 7.66. The predicted molar refractivity (Wildman–Crippen MR) is 197 cm³/mol. The zero-order valence-electron chi connectivity index (χ0n) is 29.2. The molecular weight excluding hydrogens is 672 g/mol. The molecule has 0 saturated carbocycles. The smallest absolute Gasteiger partial charge is 0.338 e. The number of aliphatic hydroxyl groups excluding tert-OH is 1. The summed E-state index contributed by atoms with van der Waals surface area (Å²) in [4.78, 5) is 42.5. The van der Waals surface area contributed by atoms with Gasteiger partial charge >= 0.3 is 5.97 Å². The fourth-order valence-corrected chi connectivity index (χ4v) is 7.29. The minimum absolute atomic E-state index is 0.0589. The summed E-state index contributed by atoms with van der Waals surface area (Å²) in [5, 5.41) is 22.0. The van der Waals surface area contributed by atoms with Gasteiger partial charge in [-0.1, -0.05) is 103 Å². The lowest BCUT2D eigenvalue weighted by Crippen LogP contribution is -2.49. The number of para-hydroxylation sites is 1. The monoisotopic (exact) mass is 714 g/mol. The van der Waals surface area contributed by atoms with Crippen LogP contribution in [0.15, 0.2) is 127 Å². The second kappa shape index (κ2) is 16.0. The third-order valence-electron chi connectivity index (χ3n) is 9.94. The van der Waals surface area contributed by atoms with Gasteiger partial charge in [0.05, 0.1) is 12.2 Å². The van der Waals surface area contributed by atoms with Gasteiger partial charge in [-0.05, 0) is 54.7 Å². The van der Waals surface area contributed by atoms with Crippen molar-refractivity contribution >= 4 is 23.9 Å². The van der Waals surface area contributed by atoms with Crippen LogP contribution in [0.1, 0.15) is 51.9 Å². The molecule has 53 heavy (non-hydrogen) atoms. The fourth-order valence-electron chi connectivity index (χ4n) is 7.29. The predicted octanol–water partition coefficient (Wildman–Crippen LogP) is 5.29. The normalized spacial score (nSPS) is 21.9. The Bertz CT molecular complexity index is 1940. The van der Waals surface area contributed by atoms with E-state index in [1.165, 1.54) is 0 Å². The first-order valence-corrected chi connectivity index (χ1v) is 18.0. The number of rotatable bonds is 11. The van der Waals surface area contributed by atoms with Crippen molar-refractivity contribution in [2.75, 3.05) is 19.7 Å². The lowest BCUT2D eigenvalue weighted by Gasteiger charge is -2.33. The Labute approximate surface area is 308 Å². The second-order valence-electron chi connectivity index (χ2n) is 13.4. The quantitative estimate of drug-likeness (QED) is 0.179. The number of likely N-dealkylation sites (tertiary alicyclic amines) is 1. The molecule has 0 bridgehead atoms. The van der Waals surface area contributed by atoms with Crippen LogP contribution in [0.5, 0.6) is 5.75 Å². The van der Waals surface area contributed by atoms with Gasteiger partial charge in [0.1, 0.15) is 30.1 Å². The van der Waals surface area contributed by atoms with Crippen LogP contribution < -0.4 is 5.32 Å². The van der Waals surface area contributed by atoms with E-state index in [1.807, 2.05) is 97.1 Å². The SMILES string of the molecule is O=C(OC1CC(C(=O)N2CCCC2C(=O)NCCO)=CC2OC(c3ccccc3)(c3ccccc3)OC21)c1ccc(C=CCc2ccccc2O)cc1. The maximum Gasteiger partial charge on any atom is 0.338 e. The van der Waals surface area contributed by atoms with Crippen LogP contribution in [0.4, 0.5) is 0 Å². The number of nitrogens with zero attached hydrogens (tertiary/aromatic N) is 1. The van der Waals surface area contributed by atoms with E-state index in [-0.39, 0.29) is 37.1 Å². The molecule has 4 atom stereocenters. The summed E-state index contributed by atoms with van der Waals surface area (Å²) in [7, 11) is 0. The van der Waals surface area contributed by atoms with Crippen LogP contribution in [-0.2, 0) is 36.0 Å². The molecule has 2 amide bonds. The van der Waals surface area contributed by atoms with E-state index in [0.29, 0.717) is 36.9 Å². The Morgan fingerprint density at radius 3 is 2.25 bits per heavy atom. The minimum atomic E-state index is -1.34. The molecule has 4 aromatic rings. The average Bonchev–Trinajstić information content (AvgIpc) is 3.85. The molecule has 3 N–H and O–H groups in total. The molecule has 0 spiro atoms. The van der Waals surface area contributed by atoms with E-state index in [0.717, 1.165) is 22.3 Å². The molecule has 272 valence electrons. The molecule has 10 heteroatoms. The molecule has 4 aromatic carbocycles. The molecule has 4 unspecified atom stereocenters. The molecule has 2 fully saturated rings. The van der Waals surface area contributed by atoms with Crippen LogP contribution in [0.25, 0.3) is 6.08 Å². The maximum atomic E-state index is 14.2. The number of aromatic hydroxyl groups is 1. The Morgan fingerprint density at radius 1 is 0.887 bits per heavy atom. The van der Waals surface area contributed by atoms with Gasteiger partial charge < -0.3 is 34.6 Å². The van der Waals surface area contributed by atoms with Crippen LogP contribution in [0.2, 0.25) is 0 Å². The Morgan fingerprint density at radius 2 is 1.57 bits per heavy atom. The van der Waals surface area contributed by atoms with Crippen molar-refractivity contribution in [1.82, 2.24) is 10.2 Å². The van der Waals surface area contributed by atoms with E-state index < -0.39 is 36.1 Å². The van der Waals surface area contributed by atoms with E-state index in [1.54, 1.807) is 35.2 Å². The summed E-state index contributed by atoms with van der Waals surface area (Å²) in [6.07, 6.45) is 4.98. The summed E-state index contributed by atoms with van der Waals surface area (Å²) >= 11 is 0. The number of esters is 1. The van der Waals surface area contributed by atoms with E-state index in [9.17, 15) is 24.6 Å². The number of nitrogens with one attached hydrogen (secondary N) is 1. The number of fused-ring (bicyclic) bond motifs is 1. The maximum absolute atomic E-state index is 14.2. The Balaban J connectivity index is 1.15. The highest BCUT2D eigenvalue weighted by molar-refractivity contribution is 5.98. The molecule has 2 saturated heterocycles. The zero-order valence-corrected chi connectivity index (χ0v) is 29.2. The average molecular weight is 715 g/mol. The number of benzene rings is 4. The number of phenolic OH excluding ortho intramolecular Hbond substituents is 1. The summed E-state index contributed by atoms with van der Waals surface area (Å²) in [6, 6.07) is 32.6. The number of allylic oxidation sites excluding steroid dienone is 1. The first-order valence-electron chi connectivity index (χ1n) is 18.0. The largest absolute Gasteiger partial charge is 0.508 e. The number of ether oxygens (including phenoxy) is 3. The number of hydrogen-bond acceptors (Lipinski definition) is 8. The van der Waals surface area contributed by atoms with Crippen molar-refractivity contribution in [3.05, 3.63) is 155 Å². The highest BCUT2D eigenvalue weighted by Crippen LogP contribution is 2.47. The molecule has 3 aliphatic rings. The van der Waals surface area contributed by atoms with Gasteiger partial charge in [0.2, 0.25) is 17.6 Å². The third-order valence-corrected chi connectivity index (χ3v) is 9.94. The number of hydrogen-bond donors (Lipinski definition) is 3. The minimum Gasteiger partial charge on any atom is -0.508 e. The molecule has 0 aromatic heterocycles. The van der Waals surface area contributed by atoms with E-state index in [2.05, 4.69) is 5.32 Å². The van der Waals surface area contributed by atoms with Crippen molar-refractivity contribution in [2.45, 2.75) is 55.8 Å². The topological polar surface area (TPSA) is 135 Å². The zero-order chi connectivity index (χ0) is 36.8. The summed E-state index contributed by atoms with van der Waals surface area (Å²) in [5.74, 6) is -2.32. The summed E-state index contributed by atoms with van der Waals surface area (Å²) < 4.78 is 19.9. The molecule has 0 radical (unpaired) electrons. The number of aliphatic hydroxyl groups is 1. The van der Waals surface area contributed by atoms with E-state index >= 15 is 0 Å². The number of carbonyl (C=O) groups excluding carboxylic acids is 3. The molecule has 2 aliphatic heterocycles. The molecule has 2 heterocycles. The highest BCUT2D eigenvalue weighted by atomic mass is 16.8. The number of amides is 2. The van der Waals surface area contributed by atoms with Crippen LogP contribution in [0, 0.1) is 0 Å². The summed E-state index contributed by atoms with van der Waals surface area (Å²) in [5.41, 5.74) is 3.89. The highest BCUT2D eigenvalue weighted by Gasteiger charge is 2.55. The first kappa shape index (κ1) is 35.8. The lowest BCUT2D eigenvalue weighted by molar-refractivity contribution is -0.157. The Hall–Kier alpha value is -5.55. The van der Waals surface area contributed by atoms with Gasteiger partial charge in [-0.2, -0.15) is 0 Å². The molecule has 10 nitrogen and oxygen atoms in total. The standard InChI is InChI=1S/C43H42N2O8/c46-26-24-44-40(48)35-18-10-25-45(35)41(49)32-27-37(51-42(50)31-22-20-29(21-23-31)11-9-13-30-12-7-8-19-36(30)47)39-38(28-32)52-43(53-39,33-14-3-1-4-15-33)34-16-5-2-6-17-34/h1-9,11-12,14-17,19-23,28,35,37-39,46-47H,10,13,18,24-27H2,(H,44,48). The van der Waals surface area contributed by atoms with Crippen LogP contribution in [0.3, 0.4) is 0 Å². The van der Waals surface area contributed by atoms with Crippen molar-refractivity contribution in [3.8, 4) is 5.75 Å². The summed E-state index contributed by atoms with van der Waals surface area (Å²) in [6.45, 7) is 0.298.